The lowest BCUT2D eigenvalue weighted by atomic mass is 10.1. The molecule has 1 heterocycles. The summed E-state index contributed by atoms with van der Waals surface area (Å²) >= 11 is 0. The van der Waals surface area contributed by atoms with Gasteiger partial charge in [0.15, 0.2) is 0 Å². The number of carbonyl (C=O) groups excluding carboxylic acids is 1. The van der Waals surface area contributed by atoms with Gasteiger partial charge in [-0.25, -0.2) is 0 Å². The lowest BCUT2D eigenvalue weighted by Gasteiger charge is -2.23. The van der Waals surface area contributed by atoms with E-state index in [0.717, 1.165) is 24.0 Å². The molecule has 1 aromatic carbocycles. The van der Waals surface area contributed by atoms with Crippen molar-refractivity contribution in [1.82, 2.24) is 4.90 Å². The number of benzene rings is 1. The zero-order valence-corrected chi connectivity index (χ0v) is 12.3. The second-order valence-electron chi connectivity index (χ2n) is 5.34. The average molecular weight is 287 g/mol. The number of nitrogens with zero attached hydrogens (tertiary/aromatic N) is 1. The molecule has 1 aromatic rings. The Labute approximate surface area is 125 Å². The van der Waals surface area contributed by atoms with Gasteiger partial charge in [-0.05, 0) is 43.5 Å². The van der Waals surface area contributed by atoms with E-state index in [1.165, 1.54) is 0 Å². The highest BCUT2D eigenvalue weighted by molar-refractivity contribution is 5.95. The maximum absolute atomic E-state index is 12.6. The van der Waals surface area contributed by atoms with Crippen LogP contribution in [0.5, 0.6) is 0 Å². The lowest BCUT2D eigenvalue weighted by molar-refractivity contribution is 0.0677. The van der Waals surface area contributed by atoms with E-state index in [-0.39, 0.29) is 25.2 Å². The smallest absolute Gasteiger partial charge is 0.254 e. The van der Waals surface area contributed by atoms with Gasteiger partial charge in [-0.1, -0.05) is 11.8 Å². The molecule has 0 aliphatic carbocycles. The molecule has 1 amide bonds. The van der Waals surface area contributed by atoms with Crippen LogP contribution in [0.1, 0.15) is 40.7 Å². The SMILES string of the molecule is Cc1cc(C#CCCO)cc(C(=O)N2CCCC2CO)c1. The Balaban J connectivity index is 2.23. The second kappa shape index (κ2) is 7.26. The Bertz CT molecular complexity index is 571. The molecule has 21 heavy (non-hydrogen) atoms. The summed E-state index contributed by atoms with van der Waals surface area (Å²) in [5.41, 5.74) is 2.38. The van der Waals surface area contributed by atoms with Crippen molar-refractivity contribution in [3.05, 3.63) is 34.9 Å². The van der Waals surface area contributed by atoms with Gasteiger partial charge in [-0.15, -0.1) is 0 Å². The monoisotopic (exact) mass is 287 g/mol. The number of aliphatic hydroxyl groups is 2. The number of rotatable bonds is 3. The molecule has 1 saturated heterocycles. The molecule has 2 N–H and O–H groups in total. The van der Waals surface area contributed by atoms with E-state index in [0.29, 0.717) is 18.5 Å². The Morgan fingerprint density at radius 2 is 2.19 bits per heavy atom. The first-order valence-electron chi connectivity index (χ1n) is 7.29. The van der Waals surface area contributed by atoms with Gasteiger partial charge >= 0.3 is 0 Å². The molecule has 0 spiro atoms. The molecular weight excluding hydrogens is 266 g/mol. The van der Waals surface area contributed by atoms with Gasteiger partial charge in [0.1, 0.15) is 0 Å². The number of carbonyl (C=O) groups is 1. The molecule has 0 bridgehead atoms. The van der Waals surface area contributed by atoms with Gasteiger partial charge in [-0.3, -0.25) is 4.79 Å². The number of likely N-dealkylation sites (tertiary alicyclic amines) is 1. The van der Waals surface area contributed by atoms with E-state index < -0.39 is 0 Å². The summed E-state index contributed by atoms with van der Waals surface area (Å²) in [5, 5.41) is 18.1. The summed E-state index contributed by atoms with van der Waals surface area (Å²) in [6.07, 6.45) is 2.22. The first kappa shape index (κ1) is 15.6. The minimum atomic E-state index is -0.0677. The van der Waals surface area contributed by atoms with Crippen molar-refractivity contribution in [3.63, 3.8) is 0 Å². The van der Waals surface area contributed by atoms with Gasteiger partial charge in [0.05, 0.1) is 19.3 Å². The Morgan fingerprint density at radius 1 is 1.38 bits per heavy atom. The molecule has 0 aromatic heterocycles. The maximum atomic E-state index is 12.6. The van der Waals surface area contributed by atoms with Crippen LogP contribution in [0.2, 0.25) is 0 Å². The number of hydrogen-bond acceptors (Lipinski definition) is 3. The van der Waals surface area contributed by atoms with Crippen molar-refractivity contribution in [2.24, 2.45) is 0 Å². The van der Waals surface area contributed by atoms with Gasteiger partial charge in [0.25, 0.3) is 5.91 Å². The van der Waals surface area contributed by atoms with Crippen molar-refractivity contribution in [2.45, 2.75) is 32.2 Å². The van der Waals surface area contributed by atoms with Crippen molar-refractivity contribution in [3.8, 4) is 11.8 Å². The van der Waals surface area contributed by atoms with Gasteiger partial charge in [0.2, 0.25) is 0 Å². The van der Waals surface area contributed by atoms with Crippen molar-refractivity contribution < 1.29 is 15.0 Å². The van der Waals surface area contributed by atoms with E-state index in [1.54, 1.807) is 11.0 Å². The van der Waals surface area contributed by atoms with Crippen molar-refractivity contribution in [2.75, 3.05) is 19.8 Å². The Morgan fingerprint density at radius 3 is 2.90 bits per heavy atom. The zero-order valence-electron chi connectivity index (χ0n) is 12.3. The van der Waals surface area contributed by atoms with Crippen LogP contribution in [-0.2, 0) is 0 Å². The molecule has 112 valence electrons. The van der Waals surface area contributed by atoms with Gasteiger partial charge in [0, 0.05) is 24.1 Å². The molecule has 4 heteroatoms. The van der Waals surface area contributed by atoms with E-state index in [2.05, 4.69) is 11.8 Å². The summed E-state index contributed by atoms with van der Waals surface area (Å²) in [6, 6.07) is 5.50. The van der Waals surface area contributed by atoms with Crippen LogP contribution in [-0.4, -0.2) is 46.8 Å². The summed E-state index contributed by atoms with van der Waals surface area (Å²) in [6.45, 7) is 2.68. The lowest BCUT2D eigenvalue weighted by Crippen LogP contribution is -2.37. The summed E-state index contributed by atoms with van der Waals surface area (Å²) < 4.78 is 0. The third-order valence-electron chi connectivity index (χ3n) is 3.64. The minimum Gasteiger partial charge on any atom is -0.395 e. The van der Waals surface area contributed by atoms with Crippen LogP contribution in [0, 0.1) is 18.8 Å². The maximum Gasteiger partial charge on any atom is 0.254 e. The molecule has 1 aliphatic rings. The fourth-order valence-corrected chi connectivity index (χ4v) is 2.66. The predicted octanol–water partition coefficient (Wildman–Crippen LogP) is 1.33. The van der Waals surface area contributed by atoms with Gasteiger partial charge < -0.3 is 15.1 Å². The Kier molecular flexibility index (Phi) is 5.38. The summed E-state index contributed by atoms with van der Waals surface area (Å²) in [4.78, 5) is 14.3. The van der Waals surface area contributed by atoms with Crippen LogP contribution in [0.15, 0.2) is 18.2 Å². The van der Waals surface area contributed by atoms with E-state index in [1.807, 2.05) is 19.1 Å². The first-order chi connectivity index (χ1) is 10.2. The Hall–Kier alpha value is -1.83. The van der Waals surface area contributed by atoms with Crippen LogP contribution >= 0.6 is 0 Å². The molecule has 1 unspecified atom stereocenters. The highest BCUT2D eigenvalue weighted by atomic mass is 16.3. The zero-order chi connectivity index (χ0) is 15.2. The predicted molar refractivity (Wildman–Crippen MR) is 80.9 cm³/mol. The molecule has 1 fully saturated rings. The minimum absolute atomic E-state index is 0.0146. The normalized spacial score (nSPS) is 17.5. The topological polar surface area (TPSA) is 60.8 Å². The largest absolute Gasteiger partial charge is 0.395 e. The highest BCUT2D eigenvalue weighted by Crippen LogP contribution is 2.21. The van der Waals surface area contributed by atoms with Gasteiger partial charge in [-0.2, -0.15) is 0 Å². The van der Waals surface area contributed by atoms with Crippen LogP contribution in [0.3, 0.4) is 0 Å². The molecule has 1 aliphatic heterocycles. The molecular formula is C17H21NO3. The highest BCUT2D eigenvalue weighted by Gasteiger charge is 2.28. The molecule has 4 nitrogen and oxygen atoms in total. The molecule has 0 saturated carbocycles. The standard InChI is InChI=1S/C17H21NO3/c1-13-9-14(5-2-3-8-19)11-15(10-13)17(21)18-7-4-6-16(18)12-20/h9-11,16,19-20H,3-4,6-8,12H2,1H3. The van der Waals surface area contributed by atoms with Crippen LogP contribution < -0.4 is 0 Å². The number of aryl methyl sites for hydroxylation is 1. The second-order valence-corrected chi connectivity index (χ2v) is 5.34. The van der Waals surface area contributed by atoms with Crippen molar-refractivity contribution in [1.29, 1.82) is 0 Å². The van der Waals surface area contributed by atoms with Crippen LogP contribution in [0.25, 0.3) is 0 Å². The fourth-order valence-electron chi connectivity index (χ4n) is 2.66. The van der Waals surface area contributed by atoms with Crippen molar-refractivity contribution >= 4 is 5.91 Å². The van der Waals surface area contributed by atoms with Crippen LogP contribution in [0.4, 0.5) is 0 Å². The van der Waals surface area contributed by atoms with E-state index in [9.17, 15) is 9.90 Å². The summed E-state index contributed by atoms with van der Waals surface area (Å²) in [5.74, 6) is 5.80. The van der Waals surface area contributed by atoms with E-state index >= 15 is 0 Å². The van der Waals surface area contributed by atoms with E-state index in [4.69, 9.17) is 5.11 Å². The number of aliphatic hydroxyl groups excluding tert-OH is 2. The number of hydrogen-bond donors (Lipinski definition) is 2. The third-order valence-corrected chi connectivity index (χ3v) is 3.64. The first-order valence-corrected chi connectivity index (χ1v) is 7.29. The molecule has 2 rings (SSSR count). The summed E-state index contributed by atoms with van der Waals surface area (Å²) in [7, 11) is 0. The molecule has 0 radical (unpaired) electrons. The number of amides is 1. The third kappa shape index (κ3) is 3.84. The molecule has 1 atom stereocenters. The average Bonchev–Trinajstić information content (AvgIpc) is 2.94. The fraction of sp³-hybridized carbons (Fsp3) is 0.471. The quantitative estimate of drug-likeness (QED) is 0.824.